The van der Waals surface area contributed by atoms with E-state index in [2.05, 4.69) is 0 Å². The SMILES string of the molecule is CC(N)C(CCCC(=O)O)C(=O)O. The zero-order valence-corrected chi connectivity index (χ0v) is 7.56. The average molecular weight is 189 g/mol. The minimum atomic E-state index is -0.958. The van der Waals surface area contributed by atoms with Gasteiger partial charge < -0.3 is 15.9 Å². The second kappa shape index (κ2) is 5.53. The van der Waals surface area contributed by atoms with Crippen molar-refractivity contribution in [3.63, 3.8) is 0 Å². The summed E-state index contributed by atoms with van der Waals surface area (Å²) in [6.07, 6.45) is 0.670. The Morgan fingerprint density at radius 3 is 2.23 bits per heavy atom. The number of hydrogen-bond acceptors (Lipinski definition) is 3. The van der Waals surface area contributed by atoms with E-state index in [1.807, 2.05) is 0 Å². The van der Waals surface area contributed by atoms with Crippen molar-refractivity contribution in [2.45, 2.75) is 32.2 Å². The molecule has 0 aromatic heterocycles. The van der Waals surface area contributed by atoms with E-state index in [0.29, 0.717) is 12.8 Å². The Balaban J connectivity index is 3.84. The van der Waals surface area contributed by atoms with Crippen LogP contribution in [-0.4, -0.2) is 28.2 Å². The van der Waals surface area contributed by atoms with Crippen LogP contribution in [0, 0.1) is 5.92 Å². The third-order valence-corrected chi connectivity index (χ3v) is 1.86. The van der Waals surface area contributed by atoms with Crippen LogP contribution < -0.4 is 5.73 Å². The molecule has 4 N–H and O–H groups in total. The summed E-state index contributed by atoms with van der Waals surface area (Å²) >= 11 is 0. The molecule has 0 heterocycles. The molecule has 0 amide bonds. The van der Waals surface area contributed by atoms with E-state index in [-0.39, 0.29) is 6.42 Å². The lowest BCUT2D eigenvalue weighted by molar-refractivity contribution is -0.143. The first-order valence-electron chi connectivity index (χ1n) is 4.15. The molecule has 0 spiro atoms. The first-order valence-corrected chi connectivity index (χ1v) is 4.15. The van der Waals surface area contributed by atoms with Gasteiger partial charge in [0, 0.05) is 12.5 Å². The third-order valence-electron chi connectivity index (χ3n) is 1.86. The van der Waals surface area contributed by atoms with Crippen LogP contribution in [0.3, 0.4) is 0 Å². The second-order valence-corrected chi connectivity index (χ2v) is 3.09. The highest BCUT2D eigenvalue weighted by Gasteiger charge is 2.21. The fraction of sp³-hybridized carbons (Fsp3) is 0.750. The molecule has 0 rings (SSSR count). The van der Waals surface area contributed by atoms with Gasteiger partial charge in [-0.25, -0.2) is 0 Å². The molecule has 0 aromatic carbocycles. The number of nitrogens with two attached hydrogens (primary N) is 1. The van der Waals surface area contributed by atoms with Crippen molar-refractivity contribution in [3.8, 4) is 0 Å². The fourth-order valence-electron chi connectivity index (χ4n) is 1.08. The van der Waals surface area contributed by atoms with E-state index >= 15 is 0 Å². The Morgan fingerprint density at radius 1 is 1.38 bits per heavy atom. The molecule has 0 aromatic rings. The lowest BCUT2D eigenvalue weighted by atomic mass is 9.96. The first-order chi connectivity index (χ1) is 5.95. The maximum Gasteiger partial charge on any atom is 0.308 e. The van der Waals surface area contributed by atoms with E-state index in [4.69, 9.17) is 15.9 Å². The van der Waals surface area contributed by atoms with Crippen molar-refractivity contribution in [2.24, 2.45) is 11.7 Å². The maximum absolute atomic E-state index is 10.6. The van der Waals surface area contributed by atoms with Crippen LogP contribution in [0.4, 0.5) is 0 Å². The van der Waals surface area contributed by atoms with Crippen molar-refractivity contribution in [2.75, 3.05) is 0 Å². The Kier molecular flexibility index (Phi) is 5.06. The monoisotopic (exact) mass is 189 g/mol. The average Bonchev–Trinajstić information content (AvgIpc) is 1.95. The summed E-state index contributed by atoms with van der Waals surface area (Å²) in [4.78, 5) is 20.7. The highest BCUT2D eigenvalue weighted by molar-refractivity contribution is 5.71. The summed E-state index contributed by atoms with van der Waals surface area (Å²) in [7, 11) is 0. The number of carbonyl (C=O) groups is 2. The van der Waals surface area contributed by atoms with E-state index in [1.54, 1.807) is 6.92 Å². The Morgan fingerprint density at radius 2 is 1.92 bits per heavy atom. The van der Waals surface area contributed by atoms with E-state index in [1.165, 1.54) is 0 Å². The predicted molar refractivity (Wildman–Crippen MR) is 46.3 cm³/mol. The molecule has 2 atom stereocenters. The van der Waals surface area contributed by atoms with Gasteiger partial charge in [-0.15, -0.1) is 0 Å². The molecule has 0 aliphatic carbocycles. The smallest absolute Gasteiger partial charge is 0.308 e. The second-order valence-electron chi connectivity index (χ2n) is 3.09. The zero-order valence-electron chi connectivity index (χ0n) is 7.56. The molecule has 0 saturated carbocycles. The number of carboxylic acids is 2. The van der Waals surface area contributed by atoms with Crippen LogP contribution in [0.1, 0.15) is 26.2 Å². The van der Waals surface area contributed by atoms with Gasteiger partial charge in [-0.05, 0) is 19.8 Å². The van der Waals surface area contributed by atoms with Gasteiger partial charge in [-0.3, -0.25) is 9.59 Å². The van der Waals surface area contributed by atoms with E-state index < -0.39 is 23.9 Å². The molecule has 2 unspecified atom stereocenters. The van der Waals surface area contributed by atoms with E-state index in [9.17, 15) is 9.59 Å². The van der Waals surface area contributed by atoms with Crippen molar-refractivity contribution in [1.82, 2.24) is 0 Å². The lowest BCUT2D eigenvalue weighted by Gasteiger charge is -2.14. The summed E-state index contributed by atoms with van der Waals surface area (Å²) in [6.45, 7) is 1.61. The van der Waals surface area contributed by atoms with Crippen LogP contribution in [0.2, 0.25) is 0 Å². The number of aliphatic carboxylic acids is 2. The number of rotatable bonds is 6. The topological polar surface area (TPSA) is 101 Å². The highest BCUT2D eigenvalue weighted by atomic mass is 16.4. The molecule has 0 bridgehead atoms. The summed E-state index contributed by atoms with van der Waals surface area (Å²) in [5, 5.41) is 17.0. The minimum absolute atomic E-state index is 0.00347. The Hall–Kier alpha value is -1.10. The van der Waals surface area contributed by atoms with Crippen LogP contribution >= 0.6 is 0 Å². The van der Waals surface area contributed by atoms with Gasteiger partial charge in [0.2, 0.25) is 0 Å². The maximum atomic E-state index is 10.6. The van der Waals surface area contributed by atoms with Crippen LogP contribution in [0.5, 0.6) is 0 Å². The van der Waals surface area contributed by atoms with Crippen molar-refractivity contribution in [3.05, 3.63) is 0 Å². The number of carboxylic acid groups (broad SMARTS) is 2. The highest BCUT2D eigenvalue weighted by Crippen LogP contribution is 2.11. The lowest BCUT2D eigenvalue weighted by Crippen LogP contribution is -2.32. The Labute approximate surface area is 76.5 Å². The quantitative estimate of drug-likeness (QED) is 0.557. The fourth-order valence-corrected chi connectivity index (χ4v) is 1.08. The van der Waals surface area contributed by atoms with Gasteiger partial charge in [0.25, 0.3) is 0 Å². The summed E-state index contributed by atoms with van der Waals surface area (Å²) in [5.74, 6) is -2.51. The van der Waals surface area contributed by atoms with Crippen LogP contribution in [-0.2, 0) is 9.59 Å². The van der Waals surface area contributed by atoms with Gasteiger partial charge in [0.15, 0.2) is 0 Å². The standard InChI is InChI=1S/C8H15NO4/c1-5(9)6(8(12)13)3-2-4-7(10)11/h5-6H,2-4,9H2,1H3,(H,10,11)(H,12,13). The third kappa shape index (κ3) is 5.19. The van der Waals surface area contributed by atoms with Gasteiger partial charge in [-0.2, -0.15) is 0 Å². The molecule has 76 valence electrons. The largest absolute Gasteiger partial charge is 0.481 e. The summed E-state index contributed by atoms with van der Waals surface area (Å²) in [6, 6.07) is -0.439. The predicted octanol–water partition coefficient (Wildman–Crippen LogP) is 0.289. The van der Waals surface area contributed by atoms with Gasteiger partial charge in [0.05, 0.1) is 5.92 Å². The van der Waals surface area contributed by atoms with Crippen LogP contribution in [0.25, 0.3) is 0 Å². The summed E-state index contributed by atoms with van der Waals surface area (Å²) in [5.41, 5.74) is 5.43. The molecular weight excluding hydrogens is 174 g/mol. The molecule has 13 heavy (non-hydrogen) atoms. The molecule has 0 fully saturated rings. The first kappa shape index (κ1) is 11.9. The molecule has 0 radical (unpaired) electrons. The van der Waals surface area contributed by atoms with Gasteiger partial charge in [-0.1, -0.05) is 0 Å². The molecular formula is C8H15NO4. The van der Waals surface area contributed by atoms with Crippen molar-refractivity contribution in [1.29, 1.82) is 0 Å². The molecule has 0 saturated heterocycles. The molecule has 5 nitrogen and oxygen atoms in total. The Bertz CT molecular complexity index is 191. The van der Waals surface area contributed by atoms with Crippen molar-refractivity contribution >= 4 is 11.9 Å². The number of hydrogen-bond donors (Lipinski definition) is 3. The summed E-state index contributed by atoms with van der Waals surface area (Å²) < 4.78 is 0. The molecule has 0 aliphatic rings. The van der Waals surface area contributed by atoms with E-state index in [0.717, 1.165) is 0 Å². The zero-order chi connectivity index (χ0) is 10.4. The van der Waals surface area contributed by atoms with Crippen molar-refractivity contribution < 1.29 is 19.8 Å². The minimum Gasteiger partial charge on any atom is -0.481 e. The van der Waals surface area contributed by atoms with Gasteiger partial charge in [0.1, 0.15) is 0 Å². The van der Waals surface area contributed by atoms with Crippen LogP contribution in [0.15, 0.2) is 0 Å². The molecule has 0 aliphatic heterocycles. The van der Waals surface area contributed by atoms with Gasteiger partial charge >= 0.3 is 11.9 Å². The molecule has 5 heteroatoms. The normalized spacial score (nSPS) is 14.9.